The maximum absolute atomic E-state index is 9.00. The van der Waals surface area contributed by atoms with Crippen LogP contribution < -0.4 is 0 Å². The summed E-state index contributed by atoms with van der Waals surface area (Å²) < 4.78 is 0. The van der Waals surface area contributed by atoms with Gasteiger partial charge in [-0.05, 0) is 0 Å². The Morgan fingerprint density at radius 1 is 1.83 bits per heavy atom. The summed E-state index contributed by atoms with van der Waals surface area (Å²) in [6, 6.07) is 0. The Kier molecular flexibility index (Phi) is 25.3. The topological polar surface area (TPSA) is 37.3 Å². The van der Waals surface area contributed by atoms with Gasteiger partial charge in [-0.3, -0.25) is 4.79 Å². The van der Waals surface area contributed by atoms with Gasteiger partial charge < -0.3 is 10.8 Å². The van der Waals surface area contributed by atoms with E-state index in [9.17, 15) is 0 Å². The predicted molar refractivity (Wildman–Crippen MR) is 29.3 cm³/mol. The maximum Gasteiger partial charge on any atom is 2.00 e. The van der Waals surface area contributed by atoms with E-state index in [1.165, 1.54) is 0 Å². The first-order valence-corrected chi connectivity index (χ1v) is 0.928. The fraction of sp³-hybridized carbons (Fsp3) is 0.500. The van der Waals surface area contributed by atoms with Crippen LogP contribution in [-0.4, -0.2) is 71.9 Å². The normalized spacial score (nSPS) is 4.17. The molecule has 0 saturated heterocycles. The van der Waals surface area contributed by atoms with Crippen LogP contribution in [0.1, 0.15) is 12.6 Å². The Balaban J connectivity index is -0.00000000300. The van der Waals surface area contributed by atoms with Crippen LogP contribution in [0.15, 0.2) is 0 Å². The van der Waals surface area contributed by atoms with E-state index in [1.807, 2.05) is 0 Å². The molecule has 0 aliphatic rings. The molecule has 32 valence electrons. The molecule has 0 amide bonds. The predicted octanol–water partition coefficient (Wildman–Crippen LogP) is -0.221. The van der Waals surface area contributed by atoms with Crippen LogP contribution in [0.3, 0.4) is 0 Å². The second-order valence-electron chi connectivity index (χ2n) is 0.519. The first kappa shape index (κ1) is 15.6. The third-order valence-electron chi connectivity index (χ3n) is 0. The Bertz CT molecular complexity index is 44.2. The van der Waals surface area contributed by atoms with Crippen molar-refractivity contribution in [3.8, 4) is 0 Å². The van der Waals surface area contributed by atoms with E-state index >= 15 is 0 Å². The van der Waals surface area contributed by atoms with E-state index < -0.39 is 5.97 Å². The second kappa shape index (κ2) is 9.71. The third-order valence-corrected chi connectivity index (χ3v) is 0. The smallest absolute Gasteiger partial charge is 1.00 e. The molecule has 6 heavy (non-hydrogen) atoms. The quantitative estimate of drug-likeness (QED) is 0.458. The number of rotatable bonds is 0. The number of carboxylic acid groups (broad SMARTS) is 1. The van der Waals surface area contributed by atoms with Gasteiger partial charge in [0.05, 0.1) is 0 Å². The summed E-state index contributed by atoms with van der Waals surface area (Å²) in [6.45, 7) is 1.08. The van der Waals surface area contributed by atoms with Gasteiger partial charge in [-0.15, -0.1) is 0 Å². The van der Waals surface area contributed by atoms with Gasteiger partial charge in [-0.2, -0.15) is 0 Å². The van der Waals surface area contributed by atoms with Gasteiger partial charge in [-0.25, -0.2) is 0 Å². The van der Waals surface area contributed by atoms with E-state index in [0.29, 0.717) is 0 Å². The molecular formula is C2H8CaMgO2. The molecule has 4 heteroatoms. The number of hydrogen-bond acceptors (Lipinski definition) is 1. The molecule has 0 radical (unpaired) electrons. The average Bonchev–Trinajstić information content (AvgIpc) is 0.811. The molecule has 0 saturated carbocycles. The van der Waals surface area contributed by atoms with Crippen molar-refractivity contribution >= 4 is 66.8 Å². The van der Waals surface area contributed by atoms with Gasteiger partial charge in [0.15, 0.2) is 0 Å². The first-order chi connectivity index (χ1) is 1.73. The molecule has 0 bridgehead atoms. The molecule has 0 unspecified atom stereocenters. The van der Waals surface area contributed by atoms with Gasteiger partial charge in [0.2, 0.25) is 0 Å². The van der Waals surface area contributed by atoms with Gasteiger partial charge in [0, 0.05) is 6.92 Å². The van der Waals surface area contributed by atoms with Crippen molar-refractivity contribution < 1.29 is 15.6 Å². The van der Waals surface area contributed by atoms with Crippen molar-refractivity contribution in [2.45, 2.75) is 6.92 Å². The minimum absolute atomic E-state index is 0. The fourth-order valence-electron chi connectivity index (χ4n) is 0. The zero-order valence-corrected chi connectivity index (χ0v) is 7.39. The molecule has 0 aliphatic heterocycles. The summed E-state index contributed by atoms with van der Waals surface area (Å²) >= 11 is 0. The summed E-state index contributed by atoms with van der Waals surface area (Å²) in [5, 5.41) is 7.42. The van der Waals surface area contributed by atoms with Crippen LogP contribution in [0.4, 0.5) is 0 Å². The van der Waals surface area contributed by atoms with E-state index in [2.05, 4.69) is 0 Å². The van der Waals surface area contributed by atoms with Crippen LogP contribution in [-0.2, 0) is 4.79 Å². The summed E-state index contributed by atoms with van der Waals surface area (Å²) in [4.78, 5) is 9.00. The minimum atomic E-state index is -0.833. The van der Waals surface area contributed by atoms with Crippen LogP contribution in [0.2, 0.25) is 0 Å². The molecule has 0 atom stereocenters. The summed E-state index contributed by atoms with van der Waals surface area (Å²) in [5.41, 5.74) is 0. The summed E-state index contributed by atoms with van der Waals surface area (Å²) in [5.74, 6) is -0.833. The zero-order chi connectivity index (χ0) is 3.58. The Morgan fingerprint density at radius 2 is 1.83 bits per heavy atom. The van der Waals surface area contributed by atoms with Crippen molar-refractivity contribution in [3.63, 3.8) is 0 Å². The van der Waals surface area contributed by atoms with Crippen molar-refractivity contribution in [1.82, 2.24) is 0 Å². The number of carboxylic acids is 1. The minimum Gasteiger partial charge on any atom is -1.00 e. The van der Waals surface area contributed by atoms with Crippen LogP contribution in [0.5, 0.6) is 0 Å². The molecule has 0 fully saturated rings. The molecule has 0 aliphatic carbocycles. The molecule has 0 aromatic rings. The van der Waals surface area contributed by atoms with Crippen molar-refractivity contribution in [3.05, 3.63) is 0 Å². The molecule has 0 rings (SSSR count). The number of carbonyl (C=O) groups is 1. The maximum atomic E-state index is 9.00. The summed E-state index contributed by atoms with van der Waals surface area (Å²) in [6.07, 6.45) is 0. The van der Waals surface area contributed by atoms with Crippen LogP contribution in [0, 0.1) is 0 Å². The van der Waals surface area contributed by atoms with Gasteiger partial charge in [0.25, 0.3) is 5.97 Å². The zero-order valence-electron chi connectivity index (χ0n) is 7.77. The molecule has 0 spiro atoms. The fourth-order valence-corrected chi connectivity index (χ4v) is 0. The number of hydrogen-bond donors (Lipinski definition) is 1. The van der Waals surface area contributed by atoms with Gasteiger partial charge >= 0.3 is 60.8 Å². The Hall–Kier alpha value is 1.50. The van der Waals surface area contributed by atoms with Crippen LogP contribution >= 0.6 is 0 Å². The van der Waals surface area contributed by atoms with Crippen molar-refractivity contribution in [2.24, 2.45) is 0 Å². The summed E-state index contributed by atoms with van der Waals surface area (Å²) in [7, 11) is 0. The Morgan fingerprint density at radius 3 is 1.83 bits per heavy atom. The van der Waals surface area contributed by atoms with E-state index in [4.69, 9.17) is 9.90 Å². The SMILES string of the molecule is CC(=O)O.[Ca+2].[H-].[H-].[H-].[H-].[Mg+2]. The van der Waals surface area contributed by atoms with Gasteiger partial charge in [-0.1, -0.05) is 0 Å². The molecular weight excluding hydrogens is 120 g/mol. The molecule has 1 N–H and O–H groups in total. The molecule has 0 aromatic heterocycles. The van der Waals surface area contributed by atoms with E-state index in [1.54, 1.807) is 0 Å². The molecule has 2 nitrogen and oxygen atoms in total. The largest absolute Gasteiger partial charge is 2.00 e. The first-order valence-electron chi connectivity index (χ1n) is 0.928. The second-order valence-corrected chi connectivity index (χ2v) is 0.519. The van der Waals surface area contributed by atoms with Crippen LogP contribution in [0.25, 0.3) is 0 Å². The van der Waals surface area contributed by atoms with E-state index in [0.717, 1.165) is 6.92 Å². The molecule has 0 aromatic carbocycles. The monoisotopic (exact) mass is 128 g/mol. The van der Waals surface area contributed by atoms with E-state index in [-0.39, 0.29) is 66.5 Å². The third kappa shape index (κ3) is 49.6. The average molecular weight is 128 g/mol. The van der Waals surface area contributed by atoms with Crippen molar-refractivity contribution in [1.29, 1.82) is 0 Å². The Labute approximate surface area is 88.4 Å². The standard InChI is InChI=1S/C2H4O2.Ca.Mg.4H/c1-2(3)4;;;;;;/h1H3,(H,3,4);;;;;;/q;2*+2;4*-1. The van der Waals surface area contributed by atoms with Crippen molar-refractivity contribution in [2.75, 3.05) is 0 Å². The molecule has 0 heterocycles. The van der Waals surface area contributed by atoms with Gasteiger partial charge in [0.1, 0.15) is 0 Å². The number of aliphatic carboxylic acids is 1.